The normalized spacial score (nSPS) is 28.1. The topological polar surface area (TPSA) is 64.5 Å². The Balaban J connectivity index is 1.67. The van der Waals surface area contributed by atoms with E-state index in [1.54, 1.807) is 0 Å². The standard InChI is InChI=1S/C18H22N2O2/c21-17-12-18(22)16(20-14-9-5-2-6-10-14)11-15(17)19-13-7-3-1-4-8-13/h1-10,15-22H,11-12H2/t15-,16-,17-,18-/m0/s1. The number of nitrogens with one attached hydrogen (secondary N) is 2. The van der Waals surface area contributed by atoms with Gasteiger partial charge in [-0.3, -0.25) is 0 Å². The molecule has 4 N–H and O–H groups in total. The van der Waals surface area contributed by atoms with Gasteiger partial charge in [0.15, 0.2) is 0 Å². The Morgan fingerprint density at radius 3 is 1.45 bits per heavy atom. The van der Waals surface area contributed by atoms with Crippen molar-refractivity contribution in [1.82, 2.24) is 0 Å². The lowest BCUT2D eigenvalue weighted by Crippen LogP contribution is -2.51. The average molecular weight is 298 g/mol. The molecule has 0 amide bonds. The molecule has 2 aromatic rings. The molecular formula is C18H22N2O2. The van der Waals surface area contributed by atoms with Gasteiger partial charge in [-0.15, -0.1) is 0 Å². The van der Waals surface area contributed by atoms with E-state index in [0.717, 1.165) is 11.4 Å². The van der Waals surface area contributed by atoms with Gasteiger partial charge in [-0.1, -0.05) is 36.4 Å². The molecular weight excluding hydrogens is 276 g/mol. The van der Waals surface area contributed by atoms with Crippen LogP contribution in [-0.2, 0) is 0 Å². The highest BCUT2D eigenvalue weighted by Gasteiger charge is 2.35. The molecule has 4 heteroatoms. The maximum atomic E-state index is 10.2. The van der Waals surface area contributed by atoms with Gasteiger partial charge in [0.1, 0.15) is 0 Å². The third-order valence-corrected chi connectivity index (χ3v) is 4.17. The summed E-state index contributed by atoms with van der Waals surface area (Å²) in [6.45, 7) is 0. The minimum atomic E-state index is -0.552. The van der Waals surface area contributed by atoms with Crippen LogP contribution in [0.3, 0.4) is 0 Å². The van der Waals surface area contributed by atoms with Crippen LogP contribution in [0.5, 0.6) is 0 Å². The van der Waals surface area contributed by atoms with E-state index in [1.807, 2.05) is 60.7 Å². The molecule has 116 valence electrons. The van der Waals surface area contributed by atoms with Gasteiger partial charge >= 0.3 is 0 Å². The lowest BCUT2D eigenvalue weighted by atomic mass is 9.86. The number of para-hydroxylation sites is 2. The molecule has 0 radical (unpaired) electrons. The van der Waals surface area contributed by atoms with Crippen molar-refractivity contribution in [1.29, 1.82) is 0 Å². The summed E-state index contributed by atoms with van der Waals surface area (Å²) in [5.74, 6) is 0. The second-order valence-corrected chi connectivity index (χ2v) is 5.84. The minimum absolute atomic E-state index is 0.0768. The van der Waals surface area contributed by atoms with E-state index < -0.39 is 12.2 Å². The van der Waals surface area contributed by atoms with Crippen molar-refractivity contribution in [2.75, 3.05) is 10.6 Å². The molecule has 0 unspecified atom stereocenters. The zero-order valence-corrected chi connectivity index (χ0v) is 12.4. The molecule has 22 heavy (non-hydrogen) atoms. The fraction of sp³-hybridized carbons (Fsp3) is 0.333. The summed E-state index contributed by atoms with van der Waals surface area (Å²) in [7, 11) is 0. The molecule has 0 spiro atoms. The summed E-state index contributed by atoms with van der Waals surface area (Å²) >= 11 is 0. The van der Waals surface area contributed by atoms with Gasteiger partial charge in [-0.05, 0) is 30.7 Å². The van der Waals surface area contributed by atoms with Gasteiger partial charge in [-0.2, -0.15) is 0 Å². The van der Waals surface area contributed by atoms with Crippen molar-refractivity contribution in [3.05, 3.63) is 60.7 Å². The van der Waals surface area contributed by atoms with E-state index in [2.05, 4.69) is 10.6 Å². The van der Waals surface area contributed by atoms with Crippen molar-refractivity contribution in [2.24, 2.45) is 0 Å². The molecule has 0 aliphatic heterocycles. The number of aliphatic hydroxyl groups is 2. The first-order chi connectivity index (χ1) is 10.7. The highest BCUT2D eigenvalue weighted by molar-refractivity contribution is 5.46. The van der Waals surface area contributed by atoms with Crippen molar-refractivity contribution in [2.45, 2.75) is 37.1 Å². The third-order valence-electron chi connectivity index (χ3n) is 4.17. The fourth-order valence-electron chi connectivity index (χ4n) is 2.97. The summed E-state index contributed by atoms with van der Waals surface area (Å²) in [5, 5.41) is 27.2. The predicted octanol–water partition coefficient (Wildman–Crippen LogP) is 2.46. The predicted molar refractivity (Wildman–Crippen MR) is 89.0 cm³/mol. The quantitative estimate of drug-likeness (QED) is 0.700. The monoisotopic (exact) mass is 298 g/mol. The van der Waals surface area contributed by atoms with Gasteiger partial charge in [0.05, 0.1) is 24.3 Å². The number of rotatable bonds is 4. The van der Waals surface area contributed by atoms with Crippen LogP contribution in [0.15, 0.2) is 60.7 Å². The van der Waals surface area contributed by atoms with Crippen LogP contribution < -0.4 is 10.6 Å². The number of hydrogen-bond acceptors (Lipinski definition) is 4. The summed E-state index contributed by atoms with van der Waals surface area (Å²) in [6.07, 6.45) is -0.0748. The maximum Gasteiger partial charge on any atom is 0.0767 e. The first-order valence-electron chi connectivity index (χ1n) is 7.71. The number of benzene rings is 2. The smallest absolute Gasteiger partial charge is 0.0767 e. The molecule has 2 aromatic carbocycles. The van der Waals surface area contributed by atoms with E-state index in [4.69, 9.17) is 0 Å². The number of anilines is 2. The summed E-state index contributed by atoms with van der Waals surface area (Å²) in [4.78, 5) is 0. The number of aliphatic hydroxyl groups excluding tert-OH is 2. The van der Waals surface area contributed by atoms with Gasteiger partial charge in [-0.25, -0.2) is 0 Å². The first-order valence-corrected chi connectivity index (χ1v) is 7.71. The van der Waals surface area contributed by atoms with Crippen molar-refractivity contribution < 1.29 is 10.2 Å². The molecule has 0 aromatic heterocycles. The molecule has 0 saturated heterocycles. The highest BCUT2D eigenvalue weighted by atomic mass is 16.3. The average Bonchev–Trinajstić information content (AvgIpc) is 2.54. The second kappa shape index (κ2) is 6.81. The Labute approximate surface area is 130 Å². The van der Waals surface area contributed by atoms with E-state index >= 15 is 0 Å². The SMILES string of the molecule is O[C@H]1C[C@H](O)[C@@H](Nc2ccccc2)C[C@@H]1Nc1ccccc1. The van der Waals surface area contributed by atoms with Crippen LogP contribution in [0.4, 0.5) is 11.4 Å². The van der Waals surface area contributed by atoms with Crippen LogP contribution in [-0.4, -0.2) is 34.5 Å². The summed E-state index contributed by atoms with van der Waals surface area (Å²) in [6, 6.07) is 19.6. The van der Waals surface area contributed by atoms with Gasteiger partial charge in [0, 0.05) is 17.8 Å². The van der Waals surface area contributed by atoms with Crippen LogP contribution >= 0.6 is 0 Å². The Hall–Kier alpha value is -2.04. The Bertz CT molecular complexity index is 525. The molecule has 1 aliphatic rings. The largest absolute Gasteiger partial charge is 0.391 e. The van der Waals surface area contributed by atoms with Crippen molar-refractivity contribution in [3.8, 4) is 0 Å². The molecule has 3 rings (SSSR count). The molecule has 4 nitrogen and oxygen atoms in total. The Kier molecular flexibility index (Phi) is 4.61. The van der Waals surface area contributed by atoms with E-state index in [-0.39, 0.29) is 12.1 Å². The second-order valence-electron chi connectivity index (χ2n) is 5.84. The number of hydrogen-bond donors (Lipinski definition) is 4. The fourth-order valence-corrected chi connectivity index (χ4v) is 2.97. The zero-order chi connectivity index (χ0) is 15.4. The Morgan fingerprint density at radius 2 is 1.05 bits per heavy atom. The Morgan fingerprint density at radius 1 is 0.636 bits per heavy atom. The molecule has 0 heterocycles. The maximum absolute atomic E-state index is 10.2. The van der Waals surface area contributed by atoms with Gasteiger partial charge in [0.2, 0.25) is 0 Å². The highest BCUT2D eigenvalue weighted by Crippen LogP contribution is 2.25. The minimum Gasteiger partial charge on any atom is -0.391 e. The molecule has 1 aliphatic carbocycles. The van der Waals surface area contributed by atoms with E-state index in [1.165, 1.54) is 0 Å². The van der Waals surface area contributed by atoms with Crippen molar-refractivity contribution in [3.63, 3.8) is 0 Å². The molecule has 4 atom stereocenters. The lowest BCUT2D eigenvalue weighted by Gasteiger charge is -2.38. The van der Waals surface area contributed by atoms with Gasteiger partial charge in [0.25, 0.3) is 0 Å². The molecule has 0 bridgehead atoms. The van der Waals surface area contributed by atoms with Crippen LogP contribution in [0.2, 0.25) is 0 Å². The van der Waals surface area contributed by atoms with Crippen LogP contribution in [0.25, 0.3) is 0 Å². The lowest BCUT2D eigenvalue weighted by molar-refractivity contribution is 0.0242. The molecule has 1 fully saturated rings. The third kappa shape index (κ3) is 3.59. The summed E-state index contributed by atoms with van der Waals surface area (Å²) < 4.78 is 0. The summed E-state index contributed by atoms with van der Waals surface area (Å²) in [5.41, 5.74) is 1.97. The van der Waals surface area contributed by atoms with Crippen LogP contribution in [0, 0.1) is 0 Å². The first kappa shape index (κ1) is 14.9. The van der Waals surface area contributed by atoms with E-state index in [9.17, 15) is 10.2 Å². The van der Waals surface area contributed by atoms with Gasteiger partial charge < -0.3 is 20.8 Å². The van der Waals surface area contributed by atoms with Crippen LogP contribution in [0.1, 0.15) is 12.8 Å². The van der Waals surface area contributed by atoms with Crippen molar-refractivity contribution >= 4 is 11.4 Å². The van der Waals surface area contributed by atoms with E-state index in [0.29, 0.717) is 12.8 Å². The molecule has 1 saturated carbocycles. The zero-order valence-electron chi connectivity index (χ0n) is 12.4.